The lowest BCUT2D eigenvalue weighted by Crippen LogP contribution is -2.29. The first-order valence-corrected chi connectivity index (χ1v) is 7.11. The maximum Gasteiger partial charge on any atom is 0.129 e. The van der Waals surface area contributed by atoms with Gasteiger partial charge >= 0.3 is 0 Å². The number of aromatic nitrogens is 1. The second-order valence-corrected chi connectivity index (χ2v) is 5.28. The van der Waals surface area contributed by atoms with E-state index in [0.717, 1.165) is 24.5 Å². The average Bonchev–Trinajstić information content (AvgIpc) is 2.42. The first kappa shape index (κ1) is 13.8. The van der Waals surface area contributed by atoms with Crippen LogP contribution in [0.15, 0.2) is 18.3 Å². The molecule has 0 bridgehead atoms. The highest BCUT2D eigenvalue weighted by molar-refractivity contribution is 6.29. The number of ether oxygens (including phenoxy) is 1. The summed E-state index contributed by atoms with van der Waals surface area (Å²) in [5.74, 6) is 0.847. The van der Waals surface area contributed by atoms with Crippen molar-refractivity contribution in [2.24, 2.45) is 5.92 Å². The Hall–Kier alpha value is -0.640. The van der Waals surface area contributed by atoms with E-state index in [0.29, 0.717) is 11.8 Å². The molecule has 4 heteroatoms. The molecule has 0 saturated carbocycles. The molecule has 1 saturated heterocycles. The lowest BCUT2D eigenvalue weighted by molar-refractivity contribution is 0.112. The third kappa shape index (κ3) is 4.92. The summed E-state index contributed by atoms with van der Waals surface area (Å²) in [6.07, 6.45) is 6.88. The smallest absolute Gasteiger partial charge is 0.129 e. The van der Waals surface area contributed by atoms with Crippen molar-refractivity contribution in [3.05, 3.63) is 29.0 Å². The first-order chi connectivity index (χ1) is 8.84. The van der Waals surface area contributed by atoms with Gasteiger partial charge in [0.1, 0.15) is 5.15 Å². The lowest BCUT2D eigenvalue weighted by atomic mass is 9.95. The number of hydrogen-bond acceptors (Lipinski definition) is 3. The van der Waals surface area contributed by atoms with E-state index < -0.39 is 0 Å². The zero-order chi connectivity index (χ0) is 12.6. The molecule has 1 aliphatic heterocycles. The van der Waals surface area contributed by atoms with Gasteiger partial charge in [-0.1, -0.05) is 17.7 Å². The van der Waals surface area contributed by atoms with Crippen LogP contribution in [-0.4, -0.2) is 24.7 Å². The monoisotopic (exact) mass is 268 g/mol. The molecule has 3 nitrogen and oxygen atoms in total. The van der Waals surface area contributed by atoms with E-state index in [2.05, 4.69) is 10.3 Å². The molecule has 0 amide bonds. The highest BCUT2D eigenvalue weighted by Crippen LogP contribution is 2.16. The summed E-state index contributed by atoms with van der Waals surface area (Å²) >= 11 is 5.72. The number of rotatable bonds is 6. The Balaban J connectivity index is 1.54. The van der Waals surface area contributed by atoms with Crippen LogP contribution in [0.1, 0.15) is 31.2 Å². The Kier molecular flexibility index (Phi) is 5.91. The van der Waals surface area contributed by atoms with Gasteiger partial charge in [-0.25, -0.2) is 4.98 Å². The molecule has 1 fully saturated rings. The Morgan fingerprint density at radius 2 is 2.39 bits per heavy atom. The van der Waals surface area contributed by atoms with E-state index >= 15 is 0 Å². The van der Waals surface area contributed by atoms with Gasteiger partial charge in [-0.05, 0) is 56.3 Å². The van der Waals surface area contributed by atoms with Gasteiger partial charge in [-0.15, -0.1) is 0 Å². The predicted molar refractivity (Wildman–Crippen MR) is 73.7 cm³/mol. The van der Waals surface area contributed by atoms with Crippen LogP contribution < -0.4 is 5.32 Å². The Labute approximate surface area is 114 Å². The van der Waals surface area contributed by atoms with E-state index in [9.17, 15) is 0 Å². The molecule has 1 atom stereocenters. The van der Waals surface area contributed by atoms with Gasteiger partial charge < -0.3 is 10.1 Å². The SMILES string of the molecule is Clc1ccc(COCCCC2CCCNC2)cn1. The number of nitrogens with one attached hydrogen (secondary N) is 1. The fraction of sp³-hybridized carbons (Fsp3) is 0.643. The average molecular weight is 269 g/mol. The normalized spacial score (nSPS) is 19.9. The maximum absolute atomic E-state index is 5.72. The van der Waals surface area contributed by atoms with E-state index in [1.807, 2.05) is 6.07 Å². The second-order valence-electron chi connectivity index (χ2n) is 4.90. The van der Waals surface area contributed by atoms with Crippen molar-refractivity contribution in [2.75, 3.05) is 19.7 Å². The van der Waals surface area contributed by atoms with Crippen molar-refractivity contribution in [3.8, 4) is 0 Å². The highest BCUT2D eigenvalue weighted by Gasteiger charge is 2.11. The molecule has 0 radical (unpaired) electrons. The minimum atomic E-state index is 0.531. The summed E-state index contributed by atoms with van der Waals surface area (Å²) in [6, 6.07) is 3.76. The summed E-state index contributed by atoms with van der Waals surface area (Å²) in [6.45, 7) is 3.84. The summed E-state index contributed by atoms with van der Waals surface area (Å²) in [7, 11) is 0. The molecule has 1 unspecified atom stereocenters. The Bertz CT molecular complexity index is 336. The second kappa shape index (κ2) is 7.72. The maximum atomic E-state index is 5.72. The van der Waals surface area contributed by atoms with Gasteiger partial charge in [-0.3, -0.25) is 0 Å². The fourth-order valence-corrected chi connectivity index (χ4v) is 2.44. The summed E-state index contributed by atoms with van der Waals surface area (Å²) in [5, 5.41) is 3.98. The topological polar surface area (TPSA) is 34.1 Å². The van der Waals surface area contributed by atoms with Crippen LogP contribution in [0.25, 0.3) is 0 Å². The number of piperidine rings is 1. The molecule has 2 rings (SSSR count). The largest absolute Gasteiger partial charge is 0.377 e. The van der Waals surface area contributed by atoms with E-state index in [4.69, 9.17) is 16.3 Å². The molecular weight excluding hydrogens is 248 g/mol. The van der Waals surface area contributed by atoms with Crippen LogP contribution in [0, 0.1) is 5.92 Å². The molecular formula is C14H21ClN2O. The third-order valence-corrected chi connectivity index (χ3v) is 3.58. The summed E-state index contributed by atoms with van der Waals surface area (Å²) in [4.78, 5) is 4.03. The van der Waals surface area contributed by atoms with Crippen molar-refractivity contribution < 1.29 is 4.74 Å². The molecule has 18 heavy (non-hydrogen) atoms. The predicted octanol–water partition coefficient (Wildman–Crippen LogP) is 3.03. The fourth-order valence-electron chi connectivity index (χ4n) is 2.33. The third-order valence-electron chi connectivity index (χ3n) is 3.36. The first-order valence-electron chi connectivity index (χ1n) is 6.73. The summed E-state index contributed by atoms with van der Waals surface area (Å²) in [5.41, 5.74) is 1.08. The van der Waals surface area contributed by atoms with Crippen LogP contribution in [0.2, 0.25) is 5.15 Å². The minimum Gasteiger partial charge on any atom is -0.377 e. The van der Waals surface area contributed by atoms with Crippen molar-refractivity contribution in [1.29, 1.82) is 0 Å². The van der Waals surface area contributed by atoms with Gasteiger partial charge in [0.25, 0.3) is 0 Å². The summed E-state index contributed by atoms with van der Waals surface area (Å²) < 4.78 is 5.65. The molecule has 1 aromatic heterocycles. The zero-order valence-corrected chi connectivity index (χ0v) is 11.5. The van der Waals surface area contributed by atoms with Gasteiger partial charge in [0.05, 0.1) is 6.61 Å². The number of nitrogens with zero attached hydrogens (tertiary/aromatic N) is 1. The van der Waals surface area contributed by atoms with Gasteiger partial charge in [-0.2, -0.15) is 0 Å². The van der Waals surface area contributed by atoms with Gasteiger partial charge in [0, 0.05) is 12.8 Å². The number of halogens is 1. The number of hydrogen-bond donors (Lipinski definition) is 1. The van der Waals surface area contributed by atoms with Gasteiger partial charge in [0.15, 0.2) is 0 Å². The van der Waals surface area contributed by atoms with Crippen molar-refractivity contribution in [3.63, 3.8) is 0 Å². The van der Waals surface area contributed by atoms with Crippen molar-refractivity contribution >= 4 is 11.6 Å². The molecule has 1 N–H and O–H groups in total. The molecule has 0 aliphatic carbocycles. The standard InChI is InChI=1S/C14H21ClN2O/c15-14-6-5-13(10-17-14)11-18-8-2-4-12-3-1-7-16-9-12/h5-6,10,12,16H,1-4,7-9,11H2. The number of pyridine rings is 1. The molecule has 100 valence electrons. The van der Waals surface area contributed by atoms with E-state index in [1.165, 1.54) is 32.4 Å². The molecule has 1 aromatic rings. The van der Waals surface area contributed by atoms with E-state index in [-0.39, 0.29) is 0 Å². The lowest BCUT2D eigenvalue weighted by Gasteiger charge is -2.22. The van der Waals surface area contributed by atoms with Gasteiger partial charge in [0.2, 0.25) is 0 Å². The van der Waals surface area contributed by atoms with Crippen LogP contribution in [0.5, 0.6) is 0 Å². The molecule has 1 aliphatic rings. The van der Waals surface area contributed by atoms with Crippen molar-refractivity contribution in [2.45, 2.75) is 32.3 Å². The minimum absolute atomic E-state index is 0.531. The molecule has 0 spiro atoms. The highest BCUT2D eigenvalue weighted by atomic mass is 35.5. The van der Waals surface area contributed by atoms with E-state index in [1.54, 1.807) is 12.3 Å². The van der Waals surface area contributed by atoms with Crippen LogP contribution in [0.3, 0.4) is 0 Å². The van der Waals surface area contributed by atoms with Crippen LogP contribution in [-0.2, 0) is 11.3 Å². The van der Waals surface area contributed by atoms with Crippen LogP contribution in [0.4, 0.5) is 0 Å². The quantitative estimate of drug-likeness (QED) is 0.636. The molecule has 2 heterocycles. The molecule has 0 aromatic carbocycles. The zero-order valence-electron chi connectivity index (χ0n) is 10.7. The van der Waals surface area contributed by atoms with Crippen LogP contribution >= 0.6 is 11.6 Å². The Morgan fingerprint density at radius 3 is 3.11 bits per heavy atom. The van der Waals surface area contributed by atoms with Crippen molar-refractivity contribution in [1.82, 2.24) is 10.3 Å². The Morgan fingerprint density at radius 1 is 1.44 bits per heavy atom.